The van der Waals surface area contributed by atoms with E-state index in [2.05, 4.69) is 4.72 Å². The van der Waals surface area contributed by atoms with Gasteiger partial charge in [-0.1, -0.05) is 6.42 Å². The van der Waals surface area contributed by atoms with Gasteiger partial charge in [-0.25, -0.2) is 13.1 Å². The van der Waals surface area contributed by atoms with E-state index in [9.17, 15) is 8.42 Å². The molecule has 0 heterocycles. The fraction of sp³-hybridized carbons (Fsp3) is 0.571. The molecule has 2 unspecified atom stereocenters. The molecule has 1 aromatic carbocycles. The normalized spacial score (nSPS) is 22.4. The highest BCUT2D eigenvalue weighted by Crippen LogP contribution is 2.29. The lowest BCUT2D eigenvalue weighted by molar-refractivity contribution is 0.201. The summed E-state index contributed by atoms with van der Waals surface area (Å²) in [5.41, 5.74) is 0. The number of ether oxygens (including phenoxy) is 1. The molecule has 118 valence electrons. The number of nitrogens with one attached hydrogen (secondary N) is 1. The average molecular weight is 331 g/mol. The Kier molecular flexibility index (Phi) is 5.92. The number of aliphatic hydroxyl groups is 1. The van der Waals surface area contributed by atoms with Crippen molar-refractivity contribution in [1.29, 1.82) is 0 Å². The van der Waals surface area contributed by atoms with Gasteiger partial charge < -0.3 is 9.84 Å². The number of thioether (sulfide) groups is 1. The molecule has 1 aliphatic rings. The summed E-state index contributed by atoms with van der Waals surface area (Å²) >= 11 is 1.72. The molecule has 0 radical (unpaired) electrons. The van der Waals surface area contributed by atoms with Gasteiger partial charge in [0.05, 0.1) is 11.5 Å². The number of benzene rings is 1. The highest BCUT2D eigenvalue weighted by Gasteiger charge is 2.30. The second kappa shape index (κ2) is 7.49. The smallest absolute Gasteiger partial charge is 0.240 e. The topological polar surface area (TPSA) is 75.6 Å². The molecule has 0 spiro atoms. The fourth-order valence-corrected chi connectivity index (χ4v) is 4.82. The Balaban J connectivity index is 2.05. The van der Waals surface area contributed by atoms with E-state index >= 15 is 0 Å². The summed E-state index contributed by atoms with van der Waals surface area (Å²) < 4.78 is 32.8. The zero-order valence-electron chi connectivity index (χ0n) is 12.0. The number of hydrogen-bond acceptors (Lipinski definition) is 5. The van der Waals surface area contributed by atoms with Crippen LogP contribution in [0.5, 0.6) is 5.75 Å². The lowest BCUT2D eigenvalue weighted by atomic mass is 10.3. The second-order valence-corrected chi connectivity index (χ2v) is 7.77. The first-order valence-corrected chi connectivity index (χ1v) is 9.73. The second-order valence-electron chi connectivity index (χ2n) is 4.98. The first-order chi connectivity index (χ1) is 10.1. The van der Waals surface area contributed by atoms with Crippen LogP contribution in [0.4, 0.5) is 0 Å². The highest BCUT2D eigenvalue weighted by atomic mass is 32.2. The van der Waals surface area contributed by atoms with Crippen LogP contribution in [0.2, 0.25) is 0 Å². The number of hydrogen-bond donors (Lipinski definition) is 2. The third-order valence-corrected chi connectivity index (χ3v) is 6.23. The van der Waals surface area contributed by atoms with E-state index in [0.717, 1.165) is 19.3 Å². The number of aliphatic hydroxyl groups excluding tert-OH is 1. The Morgan fingerprint density at radius 3 is 2.67 bits per heavy atom. The molecule has 0 aliphatic heterocycles. The molecule has 1 aromatic rings. The molecule has 5 nitrogen and oxygen atoms in total. The van der Waals surface area contributed by atoms with Crippen molar-refractivity contribution in [2.75, 3.05) is 19.5 Å². The summed E-state index contributed by atoms with van der Waals surface area (Å²) in [6.07, 6.45) is 5.03. The van der Waals surface area contributed by atoms with Crippen molar-refractivity contribution in [2.45, 2.75) is 35.4 Å². The van der Waals surface area contributed by atoms with Gasteiger partial charge in [-0.05, 0) is 43.4 Å². The van der Waals surface area contributed by atoms with E-state index in [1.165, 1.54) is 12.1 Å². The molecule has 21 heavy (non-hydrogen) atoms. The van der Waals surface area contributed by atoms with Crippen molar-refractivity contribution in [3.05, 3.63) is 24.3 Å². The van der Waals surface area contributed by atoms with Crippen LogP contribution in [-0.4, -0.2) is 44.3 Å². The van der Waals surface area contributed by atoms with Crippen LogP contribution in [0.25, 0.3) is 0 Å². The first-order valence-electron chi connectivity index (χ1n) is 6.95. The predicted octanol–water partition coefficient (Wildman–Crippen LogP) is 1.62. The highest BCUT2D eigenvalue weighted by molar-refractivity contribution is 7.99. The maximum Gasteiger partial charge on any atom is 0.240 e. The van der Waals surface area contributed by atoms with Gasteiger partial charge >= 0.3 is 0 Å². The number of rotatable bonds is 7. The van der Waals surface area contributed by atoms with Crippen molar-refractivity contribution >= 4 is 21.8 Å². The Labute approximate surface area is 130 Å². The summed E-state index contributed by atoms with van der Waals surface area (Å²) in [6.45, 7) is 0.126. The quantitative estimate of drug-likeness (QED) is 0.794. The van der Waals surface area contributed by atoms with Gasteiger partial charge in [0.2, 0.25) is 10.0 Å². The molecule has 2 N–H and O–H groups in total. The summed E-state index contributed by atoms with van der Waals surface area (Å²) in [5, 5.41) is 9.04. The van der Waals surface area contributed by atoms with Crippen molar-refractivity contribution in [3.8, 4) is 5.75 Å². The summed E-state index contributed by atoms with van der Waals surface area (Å²) in [4.78, 5) is 0.241. The molecule has 2 atom stereocenters. The maximum atomic E-state index is 12.4. The molecule has 1 aliphatic carbocycles. The molecule has 2 rings (SSSR count). The molecular weight excluding hydrogens is 310 g/mol. The molecule has 1 saturated carbocycles. The van der Waals surface area contributed by atoms with E-state index in [-0.39, 0.29) is 24.2 Å². The van der Waals surface area contributed by atoms with Crippen LogP contribution < -0.4 is 9.46 Å². The molecule has 0 bridgehead atoms. The fourth-order valence-electron chi connectivity index (χ4n) is 2.49. The standard InChI is InChI=1S/C14H21NO4S2/c1-20-14-4-2-3-13(14)15-21(17,18)12-7-5-11(6-8-12)19-10-9-16/h5-8,13-16H,2-4,9-10H2,1H3. The molecule has 0 aromatic heterocycles. The van der Waals surface area contributed by atoms with E-state index in [1.54, 1.807) is 23.9 Å². The van der Waals surface area contributed by atoms with Gasteiger partial charge in [-0.15, -0.1) is 0 Å². The van der Waals surface area contributed by atoms with Gasteiger partial charge in [0.1, 0.15) is 12.4 Å². The molecular formula is C14H21NO4S2. The maximum absolute atomic E-state index is 12.4. The van der Waals surface area contributed by atoms with E-state index < -0.39 is 10.0 Å². The Hall–Kier alpha value is -0.760. The van der Waals surface area contributed by atoms with Gasteiger partial charge in [0.15, 0.2) is 0 Å². The number of sulfonamides is 1. The van der Waals surface area contributed by atoms with E-state index in [4.69, 9.17) is 9.84 Å². The van der Waals surface area contributed by atoms with Crippen molar-refractivity contribution in [1.82, 2.24) is 4.72 Å². The van der Waals surface area contributed by atoms with E-state index in [1.807, 2.05) is 6.26 Å². The van der Waals surface area contributed by atoms with Crippen LogP contribution in [0.1, 0.15) is 19.3 Å². The first kappa shape index (κ1) is 16.6. The van der Waals surface area contributed by atoms with E-state index in [0.29, 0.717) is 11.0 Å². The van der Waals surface area contributed by atoms with Gasteiger partial charge in [-0.3, -0.25) is 0 Å². The van der Waals surface area contributed by atoms with Crippen LogP contribution in [0.3, 0.4) is 0 Å². The van der Waals surface area contributed by atoms with Crippen molar-refractivity contribution in [3.63, 3.8) is 0 Å². The molecule has 7 heteroatoms. The zero-order valence-corrected chi connectivity index (χ0v) is 13.6. The van der Waals surface area contributed by atoms with Crippen LogP contribution in [0.15, 0.2) is 29.2 Å². The van der Waals surface area contributed by atoms with Gasteiger partial charge in [-0.2, -0.15) is 11.8 Å². The Bertz CT molecular complexity index is 545. The minimum Gasteiger partial charge on any atom is -0.491 e. The van der Waals surface area contributed by atoms with Crippen LogP contribution in [0, 0.1) is 0 Å². The monoisotopic (exact) mass is 331 g/mol. The summed E-state index contributed by atoms with van der Waals surface area (Å²) in [7, 11) is -3.49. The minimum atomic E-state index is -3.49. The minimum absolute atomic E-state index is 0.00955. The van der Waals surface area contributed by atoms with Crippen molar-refractivity contribution < 1.29 is 18.3 Å². The average Bonchev–Trinajstić information content (AvgIpc) is 2.92. The zero-order chi connectivity index (χ0) is 15.3. The Morgan fingerprint density at radius 1 is 1.33 bits per heavy atom. The molecule has 0 saturated heterocycles. The lowest BCUT2D eigenvalue weighted by Crippen LogP contribution is -2.38. The van der Waals surface area contributed by atoms with Crippen LogP contribution >= 0.6 is 11.8 Å². The molecule has 1 fully saturated rings. The lowest BCUT2D eigenvalue weighted by Gasteiger charge is -2.19. The van der Waals surface area contributed by atoms with Crippen LogP contribution in [-0.2, 0) is 10.0 Å². The summed E-state index contributed by atoms with van der Waals surface area (Å²) in [6, 6.07) is 6.27. The van der Waals surface area contributed by atoms with Gasteiger partial charge in [0.25, 0.3) is 0 Å². The summed E-state index contributed by atoms with van der Waals surface area (Å²) in [5.74, 6) is 0.547. The van der Waals surface area contributed by atoms with Crippen molar-refractivity contribution in [2.24, 2.45) is 0 Å². The third kappa shape index (κ3) is 4.35. The SMILES string of the molecule is CSC1CCCC1NS(=O)(=O)c1ccc(OCCO)cc1. The predicted molar refractivity (Wildman–Crippen MR) is 84.3 cm³/mol. The molecule has 0 amide bonds. The largest absolute Gasteiger partial charge is 0.491 e. The van der Waals surface area contributed by atoms with Gasteiger partial charge in [0, 0.05) is 11.3 Å². The third-order valence-electron chi connectivity index (χ3n) is 3.56. The Morgan fingerprint density at radius 2 is 2.05 bits per heavy atom.